The quantitative estimate of drug-likeness (QED) is 0.715. The van der Waals surface area contributed by atoms with Gasteiger partial charge in [-0.15, -0.1) is 0 Å². The number of anilines is 1. The summed E-state index contributed by atoms with van der Waals surface area (Å²) in [6.45, 7) is 0.940. The van der Waals surface area contributed by atoms with Crippen LogP contribution in [0.15, 0.2) is 18.2 Å². The van der Waals surface area contributed by atoms with E-state index in [0.717, 1.165) is 37.9 Å². The number of rotatable bonds is 3. The highest BCUT2D eigenvalue weighted by Crippen LogP contribution is 2.33. The zero-order chi connectivity index (χ0) is 12.5. The topological polar surface area (TPSA) is 58.3 Å². The van der Waals surface area contributed by atoms with E-state index in [0.29, 0.717) is 12.0 Å². The molecular weight excluding hydrogens is 224 g/mol. The molecule has 2 aliphatic rings. The molecule has 3 unspecified atom stereocenters. The minimum atomic E-state index is -0.0928. The van der Waals surface area contributed by atoms with Gasteiger partial charge in [0.15, 0.2) is 0 Å². The summed E-state index contributed by atoms with van der Waals surface area (Å²) in [5.41, 5.74) is 9.46. The molecule has 0 aliphatic heterocycles. The average molecular weight is 246 g/mol. The van der Waals surface area contributed by atoms with Gasteiger partial charge in [0.2, 0.25) is 0 Å². The summed E-state index contributed by atoms with van der Waals surface area (Å²) in [6, 6.07) is 6.69. The van der Waals surface area contributed by atoms with Gasteiger partial charge in [0.05, 0.1) is 6.10 Å². The third-order valence-corrected chi connectivity index (χ3v) is 4.49. The first-order chi connectivity index (χ1) is 8.74. The number of nitrogens with two attached hydrogens (primary N) is 1. The van der Waals surface area contributed by atoms with Crippen molar-refractivity contribution >= 4 is 5.69 Å². The molecule has 2 aliphatic carbocycles. The fourth-order valence-electron chi connectivity index (χ4n) is 3.40. The second-order valence-electron chi connectivity index (χ2n) is 5.72. The average Bonchev–Trinajstić information content (AvgIpc) is 2.93. The predicted octanol–water partition coefficient (Wildman–Crippen LogP) is 2.01. The number of fused-ring (bicyclic) bond motifs is 1. The summed E-state index contributed by atoms with van der Waals surface area (Å²) in [5.74, 6) is 0.447. The lowest BCUT2D eigenvalue weighted by atomic mass is 10.0. The first-order valence-electron chi connectivity index (χ1n) is 7.04. The minimum Gasteiger partial charge on any atom is -0.399 e. The number of nitrogens with one attached hydrogen (secondary N) is 1. The van der Waals surface area contributed by atoms with Gasteiger partial charge in [0.1, 0.15) is 0 Å². The molecule has 4 N–H and O–H groups in total. The fraction of sp³-hybridized carbons (Fsp3) is 0.600. The molecule has 0 heterocycles. The number of aliphatic hydroxyl groups excluding tert-OH is 1. The monoisotopic (exact) mass is 246 g/mol. The Morgan fingerprint density at radius 3 is 2.94 bits per heavy atom. The van der Waals surface area contributed by atoms with Crippen LogP contribution in [0.1, 0.15) is 42.9 Å². The smallest absolute Gasteiger partial charge is 0.0580 e. The SMILES string of the molecule is Nc1ccc2c(c1)CCC2NCC1CCCC1O. The third-order valence-electron chi connectivity index (χ3n) is 4.49. The van der Waals surface area contributed by atoms with E-state index in [4.69, 9.17) is 5.73 Å². The lowest BCUT2D eigenvalue weighted by Crippen LogP contribution is -2.30. The van der Waals surface area contributed by atoms with E-state index in [9.17, 15) is 5.11 Å². The normalized spacial score (nSPS) is 30.6. The van der Waals surface area contributed by atoms with Crippen LogP contribution in [0.5, 0.6) is 0 Å². The van der Waals surface area contributed by atoms with Gasteiger partial charge in [-0.05, 0) is 54.9 Å². The molecule has 0 saturated heterocycles. The van der Waals surface area contributed by atoms with Gasteiger partial charge in [-0.25, -0.2) is 0 Å². The Morgan fingerprint density at radius 1 is 1.28 bits per heavy atom. The summed E-state index contributed by atoms with van der Waals surface area (Å²) >= 11 is 0. The maximum Gasteiger partial charge on any atom is 0.0580 e. The van der Waals surface area contributed by atoms with Crippen molar-refractivity contribution < 1.29 is 5.11 Å². The van der Waals surface area contributed by atoms with E-state index in [1.54, 1.807) is 0 Å². The molecule has 18 heavy (non-hydrogen) atoms. The Balaban J connectivity index is 1.62. The van der Waals surface area contributed by atoms with Crippen molar-refractivity contribution in [3.8, 4) is 0 Å². The number of aryl methyl sites for hydroxylation is 1. The zero-order valence-corrected chi connectivity index (χ0v) is 10.7. The van der Waals surface area contributed by atoms with Crippen LogP contribution in [-0.4, -0.2) is 17.8 Å². The highest BCUT2D eigenvalue weighted by molar-refractivity contribution is 5.47. The van der Waals surface area contributed by atoms with Crippen LogP contribution in [0, 0.1) is 5.92 Å². The second-order valence-corrected chi connectivity index (χ2v) is 5.72. The lowest BCUT2D eigenvalue weighted by molar-refractivity contribution is 0.130. The Morgan fingerprint density at radius 2 is 2.17 bits per heavy atom. The van der Waals surface area contributed by atoms with Crippen LogP contribution in [0.4, 0.5) is 5.69 Å². The number of hydrogen-bond donors (Lipinski definition) is 3. The van der Waals surface area contributed by atoms with Gasteiger partial charge in [0, 0.05) is 18.3 Å². The van der Waals surface area contributed by atoms with Gasteiger partial charge in [-0.3, -0.25) is 0 Å². The zero-order valence-electron chi connectivity index (χ0n) is 10.7. The van der Waals surface area contributed by atoms with Crippen LogP contribution < -0.4 is 11.1 Å². The second kappa shape index (κ2) is 4.90. The van der Waals surface area contributed by atoms with Crippen LogP contribution in [0.2, 0.25) is 0 Å². The van der Waals surface area contributed by atoms with Crippen molar-refractivity contribution in [2.45, 2.75) is 44.2 Å². The van der Waals surface area contributed by atoms with Gasteiger partial charge in [-0.1, -0.05) is 12.5 Å². The van der Waals surface area contributed by atoms with E-state index in [2.05, 4.69) is 17.4 Å². The van der Waals surface area contributed by atoms with Crippen LogP contribution >= 0.6 is 0 Å². The number of hydrogen-bond acceptors (Lipinski definition) is 3. The van der Waals surface area contributed by atoms with Crippen LogP contribution in [0.3, 0.4) is 0 Å². The molecule has 98 valence electrons. The molecule has 3 rings (SSSR count). The van der Waals surface area contributed by atoms with E-state index >= 15 is 0 Å². The van der Waals surface area contributed by atoms with E-state index < -0.39 is 0 Å². The van der Waals surface area contributed by atoms with E-state index in [-0.39, 0.29) is 6.10 Å². The van der Waals surface area contributed by atoms with E-state index in [1.807, 2.05) is 6.07 Å². The lowest BCUT2D eigenvalue weighted by Gasteiger charge is -2.19. The molecule has 0 bridgehead atoms. The third kappa shape index (κ3) is 2.25. The molecule has 1 saturated carbocycles. The molecule has 1 aromatic rings. The summed E-state index contributed by atoms with van der Waals surface area (Å²) in [4.78, 5) is 0. The molecule has 0 aromatic heterocycles. The number of benzene rings is 1. The highest BCUT2D eigenvalue weighted by atomic mass is 16.3. The maximum absolute atomic E-state index is 9.84. The molecular formula is C15H22N2O. The molecule has 0 radical (unpaired) electrons. The van der Waals surface area contributed by atoms with Gasteiger partial charge >= 0.3 is 0 Å². The predicted molar refractivity (Wildman–Crippen MR) is 73.3 cm³/mol. The first-order valence-corrected chi connectivity index (χ1v) is 7.04. The molecule has 3 atom stereocenters. The van der Waals surface area contributed by atoms with Crippen molar-refractivity contribution in [2.24, 2.45) is 5.92 Å². The fourth-order valence-corrected chi connectivity index (χ4v) is 3.40. The van der Waals surface area contributed by atoms with Crippen molar-refractivity contribution in [2.75, 3.05) is 12.3 Å². The summed E-state index contributed by atoms with van der Waals surface area (Å²) < 4.78 is 0. The Hall–Kier alpha value is -1.06. The number of nitrogen functional groups attached to an aromatic ring is 1. The Bertz CT molecular complexity index is 433. The van der Waals surface area contributed by atoms with Gasteiger partial charge in [0.25, 0.3) is 0 Å². The molecule has 1 aromatic carbocycles. The molecule has 1 fully saturated rings. The number of aliphatic hydroxyl groups is 1. The standard InChI is InChI=1S/C15H22N2O/c16-12-5-6-13-10(8-12)4-7-14(13)17-9-11-2-1-3-15(11)18/h5-6,8,11,14-15,17-18H,1-4,7,9,16H2. The van der Waals surface area contributed by atoms with Crippen molar-refractivity contribution in [3.63, 3.8) is 0 Å². The summed E-state index contributed by atoms with van der Waals surface area (Å²) in [5, 5.41) is 13.5. The highest BCUT2D eigenvalue weighted by Gasteiger charge is 2.27. The largest absolute Gasteiger partial charge is 0.399 e. The molecule has 3 nitrogen and oxygen atoms in total. The Kier molecular flexibility index (Phi) is 3.27. The van der Waals surface area contributed by atoms with Crippen molar-refractivity contribution in [3.05, 3.63) is 29.3 Å². The molecule has 0 spiro atoms. The van der Waals surface area contributed by atoms with E-state index in [1.165, 1.54) is 17.5 Å². The minimum absolute atomic E-state index is 0.0928. The maximum atomic E-state index is 9.84. The molecule has 3 heteroatoms. The molecule has 0 amide bonds. The van der Waals surface area contributed by atoms with Gasteiger partial charge < -0.3 is 16.2 Å². The Labute approximate surface area is 108 Å². The summed E-state index contributed by atoms with van der Waals surface area (Å²) in [7, 11) is 0. The van der Waals surface area contributed by atoms with Gasteiger partial charge in [-0.2, -0.15) is 0 Å². The summed E-state index contributed by atoms with van der Waals surface area (Å²) in [6.07, 6.45) is 5.49. The van der Waals surface area contributed by atoms with Crippen LogP contribution in [-0.2, 0) is 6.42 Å². The van der Waals surface area contributed by atoms with Crippen LogP contribution in [0.25, 0.3) is 0 Å². The van der Waals surface area contributed by atoms with Crippen molar-refractivity contribution in [1.82, 2.24) is 5.32 Å². The first kappa shape index (κ1) is 12.0. The van der Waals surface area contributed by atoms with Crippen molar-refractivity contribution in [1.29, 1.82) is 0 Å².